The molecule has 4 atom stereocenters. The Labute approximate surface area is 119 Å². The van der Waals surface area contributed by atoms with Crippen molar-refractivity contribution in [1.29, 1.82) is 0 Å². The fourth-order valence-corrected chi connectivity index (χ4v) is 3.30. The number of rotatable bonds is 5. The molecule has 3 N–H and O–H groups in total. The minimum absolute atomic E-state index is 0.184. The van der Waals surface area contributed by atoms with E-state index in [0.29, 0.717) is 29.9 Å². The third-order valence-electron chi connectivity index (χ3n) is 4.41. The predicted octanol–water partition coefficient (Wildman–Crippen LogP) is 2.06. The number of ether oxygens (including phenoxy) is 2. The zero-order valence-electron chi connectivity index (χ0n) is 11.7. The summed E-state index contributed by atoms with van der Waals surface area (Å²) in [4.78, 5) is 0. The van der Waals surface area contributed by atoms with Crippen LogP contribution < -0.4 is 15.2 Å². The van der Waals surface area contributed by atoms with Gasteiger partial charge in [-0.05, 0) is 42.4 Å². The molecule has 0 radical (unpaired) electrons. The molecule has 2 aliphatic carbocycles. The third kappa shape index (κ3) is 2.41. The highest BCUT2D eigenvalue weighted by molar-refractivity contribution is 5.43. The third-order valence-corrected chi connectivity index (χ3v) is 4.41. The lowest BCUT2D eigenvalue weighted by Gasteiger charge is -2.25. The molecular formula is C16H21NO3. The van der Waals surface area contributed by atoms with E-state index >= 15 is 0 Å². The minimum atomic E-state index is -0.785. The molecule has 1 fully saturated rings. The lowest BCUT2D eigenvalue weighted by molar-refractivity contribution is -0.0708. The van der Waals surface area contributed by atoms with Gasteiger partial charge in [-0.25, -0.2) is 0 Å². The first-order valence-electron chi connectivity index (χ1n) is 7.11. The maximum Gasteiger partial charge on any atom is 0.201 e. The molecule has 3 rings (SSSR count). The highest BCUT2D eigenvalue weighted by Crippen LogP contribution is 2.45. The minimum Gasteiger partial charge on any atom is -0.493 e. The maximum atomic E-state index is 10.3. The van der Waals surface area contributed by atoms with E-state index in [0.717, 1.165) is 18.4 Å². The van der Waals surface area contributed by atoms with Crippen molar-refractivity contribution in [3.05, 3.63) is 35.9 Å². The Balaban J connectivity index is 1.72. The molecule has 20 heavy (non-hydrogen) atoms. The SMILES string of the molecule is COc1cc(CN)ccc1OC(O)C1CC2C=CC1C2. The molecule has 4 nitrogen and oxygen atoms in total. The first-order chi connectivity index (χ1) is 9.71. The van der Waals surface area contributed by atoms with E-state index in [1.54, 1.807) is 7.11 Å². The van der Waals surface area contributed by atoms with E-state index in [-0.39, 0.29) is 5.92 Å². The quantitative estimate of drug-likeness (QED) is 0.638. The standard InChI is InChI=1S/C16H21NO3/c1-19-15-8-11(9-17)3-5-14(15)20-16(18)13-7-10-2-4-12(13)6-10/h2-5,8,10,12-13,16,18H,6-7,9,17H2,1H3. The largest absolute Gasteiger partial charge is 0.493 e. The van der Waals surface area contributed by atoms with Crippen LogP contribution in [0, 0.1) is 17.8 Å². The Morgan fingerprint density at radius 3 is 2.75 bits per heavy atom. The van der Waals surface area contributed by atoms with Gasteiger partial charge in [0.1, 0.15) is 0 Å². The molecule has 0 spiro atoms. The van der Waals surface area contributed by atoms with Crippen LogP contribution in [0.1, 0.15) is 18.4 Å². The fraction of sp³-hybridized carbons (Fsp3) is 0.500. The van der Waals surface area contributed by atoms with Crippen LogP contribution >= 0.6 is 0 Å². The smallest absolute Gasteiger partial charge is 0.201 e. The van der Waals surface area contributed by atoms with Gasteiger partial charge >= 0.3 is 0 Å². The lowest BCUT2D eigenvalue weighted by atomic mass is 9.93. The molecule has 0 heterocycles. The van der Waals surface area contributed by atoms with Crippen LogP contribution in [0.15, 0.2) is 30.4 Å². The second-order valence-corrected chi connectivity index (χ2v) is 5.64. The van der Waals surface area contributed by atoms with Crippen LogP contribution in [0.25, 0.3) is 0 Å². The average Bonchev–Trinajstić information content (AvgIpc) is 3.10. The van der Waals surface area contributed by atoms with E-state index in [1.807, 2.05) is 18.2 Å². The van der Waals surface area contributed by atoms with Gasteiger partial charge in [-0.2, -0.15) is 0 Å². The van der Waals surface area contributed by atoms with Crippen LogP contribution in [0.4, 0.5) is 0 Å². The number of allylic oxidation sites excluding steroid dienone is 2. The van der Waals surface area contributed by atoms with Gasteiger partial charge in [0.05, 0.1) is 7.11 Å². The summed E-state index contributed by atoms with van der Waals surface area (Å²) in [5, 5.41) is 10.3. The van der Waals surface area contributed by atoms with Crippen molar-refractivity contribution in [3.8, 4) is 11.5 Å². The van der Waals surface area contributed by atoms with E-state index < -0.39 is 6.29 Å². The van der Waals surface area contributed by atoms with Crippen molar-refractivity contribution in [3.63, 3.8) is 0 Å². The summed E-state index contributed by atoms with van der Waals surface area (Å²) in [6, 6.07) is 5.56. The Morgan fingerprint density at radius 1 is 1.30 bits per heavy atom. The summed E-state index contributed by atoms with van der Waals surface area (Å²) in [5.74, 6) is 2.44. The van der Waals surface area contributed by atoms with Crippen molar-refractivity contribution in [2.45, 2.75) is 25.7 Å². The highest BCUT2D eigenvalue weighted by atomic mass is 16.6. The number of methoxy groups -OCH3 is 1. The Morgan fingerprint density at radius 2 is 2.15 bits per heavy atom. The van der Waals surface area contributed by atoms with Crippen LogP contribution in [0.3, 0.4) is 0 Å². The molecule has 2 aliphatic rings. The fourth-order valence-electron chi connectivity index (χ4n) is 3.30. The monoisotopic (exact) mass is 275 g/mol. The molecule has 1 aromatic rings. The molecule has 0 saturated heterocycles. The Kier molecular flexibility index (Phi) is 3.68. The van der Waals surface area contributed by atoms with Crippen LogP contribution in [0.5, 0.6) is 11.5 Å². The number of hydrogen-bond donors (Lipinski definition) is 2. The molecule has 1 saturated carbocycles. The summed E-state index contributed by atoms with van der Waals surface area (Å²) in [7, 11) is 1.59. The Hall–Kier alpha value is -1.52. The van der Waals surface area contributed by atoms with Gasteiger partial charge in [0.2, 0.25) is 6.29 Å². The number of hydrogen-bond acceptors (Lipinski definition) is 4. The molecule has 108 valence electrons. The second kappa shape index (κ2) is 5.46. The van der Waals surface area contributed by atoms with Crippen LogP contribution in [0.2, 0.25) is 0 Å². The molecule has 4 unspecified atom stereocenters. The molecule has 1 aromatic carbocycles. The molecular weight excluding hydrogens is 254 g/mol. The number of aliphatic hydroxyl groups is 1. The normalized spacial score (nSPS) is 28.6. The molecule has 2 bridgehead atoms. The second-order valence-electron chi connectivity index (χ2n) is 5.64. The zero-order valence-corrected chi connectivity index (χ0v) is 11.7. The summed E-state index contributed by atoms with van der Waals surface area (Å²) in [6.45, 7) is 0.455. The van der Waals surface area contributed by atoms with Crippen molar-refractivity contribution < 1.29 is 14.6 Å². The van der Waals surface area contributed by atoms with Gasteiger partial charge in [-0.1, -0.05) is 18.2 Å². The van der Waals surface area contributed by atoms with E-state index in [4.69, 9.17) is 15.2 Å². The molecule has 0 aromatic heterocycles. The summed E-state index contributed by atoms with van der Waals surface area (Å²) >= 11 is 0. The zero-order chi connectivity index (χ0) is 14.1. The average molecular weight is 275 g/mol. The highest BCUT2D eigenvalue weighted by Gasteiger charge is 2.40. The van der Waals surface area contributed by atoms with Gasteiger partial charge in [0, 0.05) is 12.5 Å². The maximum absolute atomic E-state index is 10.3. The summed E-state index contributed by atoms with van der Waals surface area (Å²) in [6.07, 6.45) is 5.83. The van der Waals surface area contributed by atoms with Crippen molar-refractivity contribution in [1.82, 2.24) is 0 Å². The number of fused-ring (bicyclic) bond motifs is 2. The molecule has 0 amide bonds. The van der Waals surface area contributed by atoms with Crippen molar-refractivity contribution in [2.24, 2.45) is 23.5 Å². The van der Waals surface area contributed by atoms with E-state index in [2.05, 4.69) is 12.2 Å². The van der Waals surface area contributed by atoms with E-state index in [9.17, 15) is 5.11 Å². The Bertz CT molecular complexity index is 514. The van der Waals surface area contributed by atoms with Gasteiger partial charge in [-0.15, -0.1) is 0 Å². The van der Waals surface area contributed by atoms with Gasteiger partial charge in [-0.3, -0.25) is 0 Å². The summed E-state index contributed by atoms with van der Waals surface area (Å²) < 4.78 is 11.0. The number of benzene rings is 1. The van der Waals surface area contributed by atoms with Crippen molar-refractivity contribution in [2.75, 3.05) is 7.11 Å². The number of aliphatic hydroxyl groups excluding tert-OH is 1. The lowest BCUT2D eigenvalue weighted by Crippen LogP contribution is -2.29. The number of nitrogens with two attached hydrogens (primary N) is 1. The first-order valence-corrected chi connectivity index (χ1v) is 7.11. The topological polar surface area (TPSA) is 64.7 Å². The van der Waals surface area contributed by atoms with Crippen LogP contribution in [-0.2, 0) is 6.54 Å². The first kappa shape index (κ1) is 13.5. The van der Waals surface area contributed by atoms with Crippen LogP contribution in [-0.4, -0.2) is 18.5 Å². The van der Waals surface area contributed by atoms with E-state index in [1.165, 1.54) is 0 Å². The summed E-state index contributed by atoms with van der Waals surface area (Å²) in [5.41, 5.74) is 6.59. The molecule has 0 aliphatic heterocycles. The predicted molar refractivity (Wildman–Crippen MR) is 76.4 cm³/mol. The van der Waals surface area contributed by atoms with Gasteiger partial charge in [0.25, 0.3) is 0 Å². The van der Waals surface area contributed by atoms with Gasteiger partial charge in [0.15, 0.2) is 11.5 Å². The van der Waals surface area contributed by atoms with Gasteiger partial charge < -0.3 is 20.3 Å². The van der Waals surface area contributed by atoms with Crippen molar-refractivity contribution >= 4 is 0 Å². The molecule has 4 heteroatoms.